The van der Waals surface area contributed by atoms with Gasteiger partial charge in [0, 0.05) is 0 Å². The third-order valence-corrected chi connectivity index (χ3v) is 2.59. The first-order valence-electron chi connectivity index (χ1n) is 6.16. The van der Waals surface area contributed by atoms with Crippen LogP contribution in [-0.2, 0) is 6.54 Å². The molecule has 0 saturated heterocycles. The maximum absolute atomic E-state index is 4.26. The topological polar surface area (TPSA) is 24.7 Å². The minimum Gasteiger partial charge on any atom is -0.221 e. The van der Waals surface area contributed by atoms with Crippen LogP contribution in [0.4, 0.5) is 0 Å². The minimum atomic E-state index is -0.109. The summed E-state index contributed by atoms with van der Waals surface area (Å²) in [6, 6.07) is 17.4. The van der Waals surface area contributed by atoms with Gasteiger partial charge in [-0.2, -0.15) is 0 Å². The number of nitrogens with zero attached hydrogens (tertiary/aromatic N) is 2. The van der Waals surface area contributed by atoms with Crippen LogP contribution in [0.5, 0.6) is 0 Å². The van der Waals surface area contributed by atoms with Crippen LogP contribution in [0.25, 0.3) is 10.8 Å². The van der Waals surface area contributed by atoms with E-state index >= 15 is 0 Å². The smallest absolute Gasteiger partial charge is 0.0901 e. The van der Waals surface area contributed by atoms with E-state index in [9.17, 15) is 0 Å². The molecule has 0 amide bonds. The van der Waals surface area contributed by atoms with Gasteiger partial charge < -0.3 is 0 Å². The summed E-state index contributed by atoms with van der Waals surface area (Å²) in [7, 11) is 0. The Kier molecular flexibility index (Phi) is 3.59. The van der Waals surface area contributed by atoms with Crippen molar-refractivity contribution in [2.45, 2.75) is 32.9 Å². The molecule has 0 unspecified atom stereocenters. The second kappa shape index (κ2) is 5.16. The predicted molar refractivity (Wildman–Crippen MR) is 77.3 cm³/mol. The summed E-state index contributed by atoms with van der Waals surface area (Å²) >= 11 is 0. The lowest BCUT2D eigenvalue weighted by Crippen LogP contribution is -2.08. The van der Waals surface area contributed by atoms with Crippen LogP contribution in [0.3, 0.4) is 0 Å². The van der Waals surface area contributed by atoms with E-state index in [1.54, 1.807) is 0 Å². The number of aliphatic imine (C=N–C) groups is 2. The van der Waals surface area contributed by atoms with Gasteiger partial charge in [-0.05, 0) is 37.1 Å². The highest BCUT2D eigenvalue weighted by Gasteiger charge is 2.04. The number of rotatable bonds is 2. The van der Waals surface area contributed by atoms with Crippen molar-refractivity contribution in [3.05, 3.63) is 48.0 Å². The number of hydrogen-bond acceptors (Lipinski definition) is 2. The zero-order valence-corrected chi connectivity index (χ0v) is 11.1. The number of benzene rings is 2. The molecular formula is C16H18N2. The molecule has 0 bridgehead atoms. The fourth-order valence-electron chi connectivity index (χ4n) is 1.74. The molecule has 2 nitrogen and oxygen atoms in total. The van der Waals surface area contributed by atoms with Crippen molar-refractivity contribution in [2.75, 3.05) is 0 Å². The van der Waals surface area contributed by atoms with Crippen molar-refractivity contribution in [1.29, 1.82) is 0 Å². The van der Waals surface area contributed by atoms with Crippen molar-refractivity contribution >= 4 is 16.8 Å². The number of fused-ring (bicyclic) bond motifs is 1. The van der Waals surface area contributed by atoms with Crippen LogP contribution in [-0.4, -0.2) is 11.5 Å². The van der Waals surface area contributed by atoms with Crippen LogP contribution >= 0.6 is 0 Å². The van der Waals surface area contributed by atoms with E-state index in [0.29, 0.717) is 6.54 Å². The molecule has 0 aliphatic rings. The second-order valence-electron chi connectivity index (χ2n) is 5.34. The average molecular weight is 238 g/mol. The Morgan fingerprint density at radius 2 is 1.72 bits per heavy atom. The van der Waals surface area contributed by atoms with Crippen molar-refractivity contribution in [2.24, 2.45) is 9.98 Å². The first kappa shape index (κ1) is 12.5. The lowest BCUT2D eigenvalue weighted by atomic mass is 10.1. The second-order valence-corrected chi connectivity index (χ2v) is 5.34. The Hall–Kier alpha value is -1.92. The van der Waals surface area contributed by atoms with Gasteiger partial charge in [0.1, 0.15) is 0 Å². The fourth-order valence-corrected chi connectivity index (χ4v) is 1.74. The molecule has 18 heavy (non-hydrogen) atoms. The summed E-state index contributed by atoms with van der Waals surface area (Å²) < 4.78 is 0. The Balaban J connectivity index is 2.25. The maximum Gasteiger partial charge on any atom is 0.0901 e. The molecular weight excluding hydrogens is 220 g/mol. The predicted octanol–water partition coefficient (Wildman–Crippen LogP) is 4.31. The highest BCUT2D eigenvalue weighted by atomic mass is 14.9. The van der Waals surface area contributed by atoms with Crippen molar-refractivity contribution in [1.82, 2.24) is 0 Å². The van der Waals surface area contributed by atoms with Gasteiger partial charge in [-0.3, -0.25) is 0 Å². The zero-order chi connectivity index (χ0) is 13.0. The van der Waals surface area contributed by atoms with Crippen LogP contribution in [0.15, 0.2) is 52.4 Å². The highest BCUT2D eigenvalue weighted by molar-refractivity contribution is 5.85. The SMILES string of the molecule is CC(C)(C)N=C=NCc1cccc2ccccc12. The average Bonchev–Trinajstić information content (AvgIpc) is 2.33. The summed E-state index contributed by atoms with van der Waals surface area (Å²) in [6.45, 7) is 6.73. The lowest BCUT2D eigenvalue weighted by molar-refractivity contribution is 0.586. The van der Waals surface area contributed by atoms with Gasteiger partial charge in [-0.25, -0.2) is 9.98 Å². The Labute approximate surface area is 108 Å². The molecule has 0 fully saturated rings. The Morgan fingerprint density at radius 1 is 1.00 bits per heavy atom. The summed E-state index contributed by atoms with van der Waals surface area (Å²) in [6.07, 6.45) is 0. The van der Waals surface area contributed by atoms with E-state index < -0.39 is 0 Å². The van der Waals surface area contributed by atoms with Gasteiger partial charge in [0.15, 0.2) is 0 Å². The largest absolute Gasteiger partial charge is 0.221 e. The molecule has 0 saturated carbocycles. The normalized spacial score (nSPS) is 11.1. The standard InChI is InChI=1S/C16H18N2/c1-16(2,3)18-12-17-11-14-9-6-8-13-7-4-5-10-15(13)14/h4-10H,11H2,1-3H3. The van der Waals surface area contributed by atoms with Crippen molar-refractivity contribution < 1.29 is 0 Å². The molecule has 2 rings (SSSR count). The van der Waals surface area contributed by atoms with Gasteiger partial charge in [0.05, 0.1) is 18.1 Å². The Bertz CT molecular complexity index is 595. The molecule has 0 aromatic heterocycles. The van der Waals surface area contributed by atoms with Gasteiger partial charge in [0.2, 0.25) is 0 Å². The highest BCUT2D eigenvalue weighted by Crippen LogP contribution is 2.18. The van der Waals surface area contributed by atoms with Gasteiger partial charge in [-0.1, -0.05) is 42.5 Å². The molecule has 0 aliphatic heterocycles. The summed E-state index contributed by atoms with van der Waals surface area (Å²) in [5, 5.41) is 2.50. The minimum absolute atomic E-state index is 0.109. The van der Waals surface area contributed by atoms with E-state index in [1.165, 1.54) is 16.3 Å². The van der Waals surface area contributed by atoms with Crippen LogP contribution in [0, 0.1) is 0 Å². The molecule has 0 aliphatic carbocycles. The van der Waals surface area contributed by atoms with Gasteiger partial charge in [-0.15, -0.1) is 0 Å². The fraction of sp³-hybridized carbons (Fsp3) is 0.312. The van der Waals surface area contributed by atoms with Gasteiger partial charge >= 0.3 is 0 Å². The quantitative estimate of drug-likeness (QED) is 0.696. The van der Waals surface area contributed by atoms with Crippen LogP contribution in [0.1, 0.15) is 26.3 Å². The third kappa shape index (κ3) is 3.28. The number of hydrogen-bond donors (Lipinski definition) is 0. The zero-order valence-electron chi connectivity index (χ0n) is 11.1. The molecule has 0 spiro atoms. The van der Waals surface area contributed by atoms with E-state index in [4.69, 9.17) is 0 Å². The first-order valence-corrected chi connectivity index (χ1v) is 6.16. The van der Waals surface area contributed by atoms with E-state index in [1.807, 2.05) is 20.8 Å². The van der Waals surface area contributed by atoms with Crippen LogP contribution in [0.2, 0.25) is 0 Å². The molecule has 2 aromatic carbocycles. The molecule has 2 aromatic rings. The summed E-state index contributed by atoms with van der Waals surface area (Å²) in [4.78, 5) is 8.50. The molecule has 0 radical (unpaired) electrons. The van der Waals surface area contributed by atoms with Gasteiger partial charge in [0.25, 0.3) is 0 Å². The maximum atomic E-state index is 4.26. The van der Waals surface area contributed by atoms with E-state index in [0.717, 1.165) is 0 Å². The van der Waals surface area contributed by atoms with E-state index in [2.05, 4.69) is 58.5 Å². The molecule has 0 N–H and O–H groups in total. The first-order chi connectivity index (χ1) is 8.56. The third-order valence-electron chi connectivity index (χ3n) is 2.59. The van der Waals surface area contributed by atoms with Crippen molar-refractivity contribution in [3.63, 3.8) is 0 Å². The monoisotopic (exact) mass is 238 g/mol. The Morgan fingerprint density at radius 3 is 2.50 bits per heavy atom. The van der Waals surface area contributed by atoms with Crippen molar-refractivity contribution in [3.8, 4) is 0 Å². The molecule has 2 heteroatoms. The molecule has 0 atom stereocenters. The van der Waals surface area contributed by atoms with E-state index in [-0.39, 0.29) is 5.54 Å². The lowest BCUT2D eigenvalue weighted by Gasteiger charge is -2.07. The summed E-state index contributed by atoms with van der Waals surface area (Å²) in [5.41, 5.74) is 1.10. The molecule has 0 heterocycles. The van der Waals surface area contributed by atoms with Crippen LogP contribution < -0.4 is 0 Å². The summed E-state index contributed by atoms with van der Waals surface area (Å²) in [5.74, 6) is 0. The molecule has 92 valence electrons.